The van der Waals surface area contributed by atoms with Crippen molar-refractivity contribution < 1.29 is 34.1 Å². The Morgan fingerprint density at radius 3 is 2.56 bits per heavy atom. The van der Waals surface area contributed by atoms with E-state index >= 15 is 0 Å². The highest BCUT2D eigenvalue weighted by atomic mass is 32.2. The van der Waals surface area contributed by atoms with Gasteiger partial charge in [-0.05, 0) is 29.5 Å². The molecule has 212 valence electrons. The molecule has 5 atom stereocenters. The van der Waals surface area contributed by atoms with E-state index in [2.05, 4.69) is 4.98 Å². The molecule has 0 saturated carbocycles. The minimum atomic E-state index is -2.80. The van der Waals surface area contributed by atoms with Crippen molar-refractivity contribution in [3.8, 4) is 0 Å². The number of carbonyl (C=O) groups excluding carboxylic acids is 3. The number of fused-ring (bicyclic) bond motifs is 5. The van der Waals surface area contributed by atoms with E-state index in [0.717, 1.165) is 5.56 Å². The predicted molar refractivity (Wildman–Crippen MR) is 149 cm³/mol. The third-order valence-corrected chi connectivity index (χ3v) is 9.51. The average Bonchev–Trinajstić information content (AvgIpc) is 3.30. The zero-order valence-corrected chi connectivity index (χ0v) is 22.2. The maximum atomic E-state index is 14.1. The maximum Gasteiger partial charge on any atom is 0.417 e. The number of benzene rings is 2. The largest absolute Gasteiger partial charge is 0.510 e. The molecule has 13 heteroatoms. The Kier molecular flexibility index (Phi) is 6.14. The molecule has 3 aromatic rings. The van der Waals surface area contributed by atoms with E-state index in [0.29, 0.717) is 17.1 Å². The third-order valence-electron chi connectivity index (χ3n) is 8.38. The highest BCUT2D eigenvalue weighted by molar-refractivity contribution is 7.98. The number of hydrogen-bond donors (Lipinski definition) is 7. The zero-order chi connectivity index (χ0) is 29.4. The van der Waals surface area contributed by atoms with Crippen molar-refractivity contribution in [1.82, 2.24) is 4.98 Å². The number of nitrogens with two attached hydrogens (primary N) is 3. The van der Waals surface area contributed by atoms with Crippen LogP contribution in [0.4, 0.5) is 5.69 Å². The first-order chi connectivity index (χ1) is 19.5. The Morgan fingerprint density at radius 2 is 1.88 bits per heavy atom. The lowest BCUT2D eigenvalue weighted by Crippen LogP contribution is -2.63. The van der Waals surface area contributed by atoms with Gasteiger partial charge in [-0.15, -0.1) is 0 Å². The molecule has 0 unspecified atom stereocenters. The number of amides is 1. The van der Waals surface area contributed by atoms with E-state index in [9.17, 15) is 34.5 Å². The molecule has 3 aliphatic rings. The summed E-state index contributed by atoms with van der Waals surface area (Å²) in [6.07, 6.45) is -0.116. The first-order valence-corrected chi connectivity index (χ1v) is 13.9. The number of ketones is 2. The molecule has 3 aliphatic carbocycles. The first-order valence-electron chi connectivity index (χ1n) is 12.8. The predicted octanol–water partition coefficient (Wildman–Crippen LogP) is 1.30. The minimum Gasteiger partial charge on any atom is -0.510 e. The lowest BCUT2D eigenvalue weighted by Gasteiger charge is -2.49. The highest BCUT2D eigenvalue weighted by Crippen LogP contribution is 2.56. The lowest BCUT2D eigenvalue weighted by molar-refractivity contribution is -0.145. The minimum absolute atomic E-state index is 0.0652. The summed E-state index contributed by atoms with van der Waals surface area (Å²) in [7, 11) is 0. The van der Waals surface area contributed by atoms with Gasteiger partial charge < -0.3 is 36.9 Å². The van der Waals surface area contributed by atoms with Gasteiger partial charge in [-0.1, -0.05) is 30.3 Å². The Bertz CT molecular complexity index is 1770. The van der Waals surface area contributed by atoms with Gasteiger partial charge in [0.25, 0.3) is 5.91 Å². The average molecular weight is 579 g/mol. The Labute approximate surface area is 235 Å². The normalized spacial score (nSPS) is 27.6. The fourth-order valence-electron chi connectivity index (χ4n) is 6.51. The molecule has 0 spiro atoms. The van der Waals surface area contributed by atoms with Crippen molar-refractivity contribution in [3.63, 3.8) is 0 Å². The Hall–Kier alpha value is -4.33. The number of nitrogens with one attached hydrogen (secondary N) is 1. The summed E-state index contributed by atoms with van der Waals surface area (Å²) in [4.78, 5) is 54.1. The number of hydrogen-bond acceptors (Lipinski definition) is 11. The van der Waals surface area contributed by atoms with Crippen LogP contribution in [0.2, 0.25) is 0 Å². The molecule has 0 saturated heterocycles. The van der Waals surface area contributed by atoms with Gasteiger partial charge in [0.1, 0.15) is 17.1 Å². The van der Waals surface area contributed by atoms with E-state index in [1.54, 1.807) is 0 Å². The summed E-state index contributed by atoms with van der Waals surface area (Å²) in [5.41, 5.74) is 15.7. The molecule has 1 amide bonds. The summed E-state index contributed by atoms with van der Waals surface area (Å²) >= 11 is 1.54. The number of allylic oxidation sites excluding steroid dienone is 1. The summed E-state index contributed by atoms with van der Waals surface area (Å²) in [6, 6.07) is 9.71. The van der Waals surface area contributed by atoms with Gasteiger partial charge in [-0.3, -0.25) is 19.4 Å². The molecule has 0 bridgehead atoms. The maximum absolute atomic E-state index is 14.1. The van der Waals surface area contributed by atoms with Gasteiger partial charge in [0.05, 0.1) is 17.1 Å². The number of nitrogen functional groups attached to an aromatic ring is 1. The van der Waals surface area contributed by atoms with E-state index in [4.69, 9.17) is 21.6 Å². The molecule has 0 aliphatic heterocycles. The third kappa shape index (κ3) is 3.76. The smallest absolute Gasteiger partial charge is 0.417 e. The Balaban J connectivity index is 1.55. The van der Waals surface area contributed by atoms with Crippen LogP contribution in [-0.4, -0.2) is 55.2 Å². The summed E-state index contributed by atoms with van der Waals surface area (Å²) in [5.74, 6) is -7.74. The number of aromatic amines is 1. The molecule has 41 heavy (non-hydrogen) atoms. The van der Waals surface area contributed by atoms with Gasteiger partial charge in [0.15, 0.2) is 17.0 Å². The number of Topliss-reactive ketones (excluding diaryl/α,β-unsaturated/α-hetero) is 2. The number of H-pyrrole nitrogens is 1. The van der Waals surface area contributed by atoms with Crippen LogP contribution in [0, 0.1) is 11.8 Å². The molecule has 0 fully saturated rings. The number of carbonyl (C=O) groups is 3. The van der Waals surface area contributed by atoms with Crippen LogP contribution in [0.3, 0.4) is 0 Å². The monoisotopic (exact) mass is 578 g/mol. The van der Waals surface area contributed by atoms with Crippen LogP contribution >= 0.6 is 11.8 Å². The van der Waals surface area contributed by atoms with E-state index in [1.807, 2.05) is 30.3 Å². The van der Waals surface area contributed by atoms with Crippen molar-refractivity contribution in [2.75, 3.05) is 11.5 Å². The topological polar surface area (TPSA) is 236 Å². The van der Waals surface area contributed by atoms with Crippen LogP contribution in [0.25, 0.3) is 11.1 Å². The summed E-state index contributed by atoms with van der Waals surface area (Å²) in [5, 5.41) is 33.8. The standard InChI is InChI=1S/C28H26N4O8S/c29-14-7-15-23(40-27(38)32-15)18-16(14)12(9-41-8-10-4-2-1-3-5-10)11-6-13-20(30)22(34)19(26(31)37)25(36)28(13,39)24(35)17(11)21(18)33/h1-5,7,11-13,20,34-35,39H,6,8-9,29-30H2,(H2,31,37)(H,32,38)/t11-,12-,13+,20+,28+/m1/s1. The zero-order valence-electron chi connectivity index (χ0n) is 21.4. The fourth-order valence-corrected chi connectivity index (χ4v) is 7.71. The molecule has 1 heterocycles. The molecule has 1 aromatic heterocycles. The van der Waals surface area contributed by atoms with Crippen molar-refractivity contribution in [2.24, 2.45) is 23.3 Å². The number of thioether (sulfide) groups is 1. The van der Waals surface area contributed by atoms with Crippen molar-refractivity contribution in [3.05, 3.63) is 86.3 Å². The van der Waals surface area contributed by atoms with Crippen molar-refractivity contribution >= 4 is 46.0 Å². The molecular formula is C28H26N4O8S. The molecule has 12 nitrogen and oxygen atoms in total. The number of oxazole rings is 1. The molecule has 2 aromatic carbocycles. The van der Waals surface area contributed by atoms with Gasteiger partial charge in [-0.25, -0.2) is 4.79 Å². The number of anilines is 1. The lowest BCUT2D eigenvalue weighted by atomic mass is 9.56. The second-order valence-corrected chi connectivity index (χ2v) is 11.6. The van der Waals surface area contributed by atoms with Crippen molar-refractivity contribution in [2.45, 2.75) is 29.7 Å². The first kappa shape index (κ1) is 26.9. The van der Waals surface area contributed by atoms with Gasteiger partial charge >= 0.3 is 5.76 Å². The molecule has 6 rings (SSSR count). The molecule has 0 radical (unpaired) electrons. The van der Waals surface area contributed by atoms with Crippen LogP contribution in [0.5, 0.6) is 0 Å². The second kappa shape index (κ2) is 9.36. The number of aliphatic hydroxyl groups excluding tert-OH is 2. The van der Waals surface area contributed by atoms with Crippen LogP contribution in [0.1, 0.15) is 33.8 Å². The number of aliphatic hydroxyl groups is 3. The number of rotatable bonds is 5. The van der Waals surface area contributed by atoms with Gasteiger partial charge in [-0.2, -0.15) is 11.8 Å². The van der Waals surface area contributed by atoms with Crippen LogP contribution in [-0.2, 0) is 15.3 Å². The molecule has 10 N–H and O–H groups in total. The molecular weight excluding hydrogens is 552 g/mol. The van der Waals surface area contributed by atoms with Gasteiger partial charge in [0, 0.05) is 34.6 Å². The number of aromatic nitrogens is 1. The van der Waals surface area contributed by atoms with Crippen LogP contribution < -0.4 is 23.0 Å². The second-order valence-electron chi connectivity index (χ2n) is 10.5. The van der Waals surface area contributed by atoms with Crippen molar-refractivity contribution in [1.29, 1.82) is 0 Å². The quantitative estimate of drug-likeness (QED) is 0.168. The SMILES string of the molecule is NC(=O)C1=C(O)[C@@H](N)[C@@H]2C[C@H]3C(=C(O)[C@]2(O)C1=O)C(=O)c1c(c(N)cc2[nH]c(=O)oc12)[C@@H]3CSCc1ccccc1. The summed E-state index contributed by atoms with van der Waals surface area (Å²) < 4.78 is 5.31. The van der Waals surface area contributed by atoms with Gasteiger partial charge in [0.2, 0.25) is 5.78 Å². The number of primary amides is 1. The van der Waals surface area contributed by atoms with E-state index in [1.165, 1.54) is 17.8 Å². The van der Waals surface area contributed by atoms with E-state index in [-0.39, 0.29) is 34.3 Å². The Morgan fingerprint density at radius 1 is 1.17 bits per heavy atom. The summed E-state index contributed by atoms with van der Waals surface area (Å²) in [6.45, 7) is 0. The van der Waals surface area contributed by atoms with E-state index < -0.39 is 69.7 Å². The highest BCUT2D eigenvalue weighted by Gasteiger charge is 2.63. The fraction of sp³-hybridized carbons (Fsp3) is 0.286. The van der Waals surface area contributed by atoms with Crippen LogP contribution in [0.15, 0.2) is 68.3 Å².